The van der Waals surface area contributed by atoms with Gasteiger partial charge in [0.25, 0.3) is 0 Å². The molecular weight excluding hydrogens is 434 g/mol. The fourth-order valence-electron chi connectivity index (χ4n) is 2.44. The number of hydrogen-bond acceptors (Lipinski definition) is 4. The minimum absolute atomic E-state index is 0.127. The zero-order valence-electron chi connectivity index (χ0n) is 12.3. The van der Waals surface area contributed by atoms with Crippen molar-refractivity contribution < 1.29 is 0 Å². The van der Waals surface area contributed by atoms with Crippen molar-refractivity contribution in [1.82, 2.24) is 25.0 Å². The van der Waals surface area contributed by atoms with Crippen molar-refractivity contribution in [2.75, 3.05) is 0 Å². The summed E-state index contributed by atoms with van der Waals surface area (Å²) in [7, 11) is 0. The van der Waals surface area contributed by atoms with E-state index < -0.39 is 0 Å². The first kappa shape index (κ1) is 15.4. The van der Waals surface area contributed by atoms with Crippen molar-refractivity contribution in [2.24, 2.45) is 0 Å². The van der Waals surface area contributed by atoms with E-state index in [1.165, 1.54) is 0 Å². The van der Waals surface area contributed by atoms with E-state index in [0.29, 0.717) is 17.0 Å². The van der Waals surface area contributed by atoms with Crippen LogP contribution in [0.15, 0.2) is 60.7 Å². The van der Waals surface area contributed by atoms with Gasteiger partial charge in [0.1, 0.15) is 14.9 Å². The summed E-state index contributed by atoms with van der Waals surface area (Å²) in [5.74, 6) is 0.581. The lowest BCUT2D eigenvalue weighted by molar-refractivity contribution is 0.861. The normalized spacial score (nSPS) is 11.3. The van der Waals surface area contributed by atoms with Crippen LogP contribution in [0.25, 0.3) is 28.2 Å². The van der Waals surface area contributed by atoms with Gasteiger partial charge in [0.15, 0.2) is 5.82 Å². The van der Waals surface area contributed by atoms with E-state index in [1.54, 1.807) is 4.68 Å². The summed E-state index contributed by atoms with van der Waals surface area (Å²) in [5, 5.41) is 13.3. The van der Waals surface area contributed by atoms with Crippen LogP contribution in [0.4, 0.5) is 0 Å². The molecule has 24 heavy (non-hydrogen) atoms. The van der Waals surface area contributed by atoms with Gasteiger partial charge in [-0.15, -0.1) is 10.2 Å². The van der Waals surface area contributed by atoms with Crippen molar-refractivity contribution in [3.05, 3.63) is 66.4 Å². The number of alkyl halides is 2. The van der Waals surface area contributed by atoms with E-state index in [1.807, 2.05) is 60.7 Å². The fraction of sp³-hybridized carbons (Fsp3) is 0.0588. The predicted octanol–water partition coefficient (Wildman–Crippen LogP) is 4.67. The summed E-state index contributed by atoms with van der Waals surface area (Å²) < 4.78 is 1.63. The first-order valence-electron chi connectivity index (χ1n) is 7.26. The van der Waals surface area contributed by atoms with E-state index in [2.05, 4.69) is 47.2 Å². The van der Waals surface area contributed by atoms with Crippen LogP contribution < -0.4 is 0 Å². The summed E-state index contributed by atoms with van der Waals surface area (Å²) in [5.41, 5.74) is 3.94. The molecule has 0 N–H and O–H groups in total. The van der Waals surface area contributed by atoms with Crippen molar-refractivity contribution in [2.45, 2.75) is 3.74 Å². The van der Waals surface area contributed by atoms with Crippen LogP contribution in [0.3, 0.4) is 0 Å². The summed E-state index contributed by atoms with van der Waals surface area (Å²) in [6.07, 6.45) is 0. The van der Waals surface area contributed by atoms with Crippen LogP contribution in [-0.2, 0) is 0 Å². The highest BCUT2D eigenvalue weighted by Crippen LogP contribution is 2.33. The third-order valence-electron chi connectivity index (χ3n) is 3.56. The number of fused-ring (bicyclic) bond motifs is 1. The number of halogens is 2. The van der Waals surface area contributed by atoms with Crippen LogP contribution in [0, 0.1) is 0 Å². The van der Waals surface area contributed by atoms with Gasteiger partial charge in [-0.2, -0.15) is 5.10 Å². The van der Waals surface area contributed by atoms with Gasteiger partial charge in [-0.3, -0.25) is 0 Å². The molecule has 2 aromatic carbocycles. The Hall–Kier alpha value is -2.12. The van der Waals surface area contributed by atoms with Gasteiger partial charge in [-0.05, 0) is 12.1 Å². The average Bonchev–Trinajstić information content (AvgIpc) is 3.02. The van der Waals surface area contributed by atoms with Crippen LogP contribution >= 0.6 is 31.9 Å². The summed E-state index contributed by atoms with van der Waals surface area (Å²) in [4.78, 5) is 4.70. The number of nitrogens with zero attached hydrogens (tertiary/aromatic N) is 5. The first-order chi connectivity index (χ1) is 11.7. The van der Waals surface area contributed by atoms with E-state index in [9.17, 15) is 0 Å². The molecule has 2 heterocycles. The molecule has 0 radical (unpaired) electrons. The average molecular weight is 445 g/mol. The second-order valence-corrected chi connectivity index (χ2v) is 8.17. The van der Waals surface area contributed by atoms with E-state index in [-0.39, 0.29) is 3.74 Å². The topological polar surface area (TPSA) is 56.5 Å². The number of para-hydroxylation sites is 1. The molecule has 0 aliphatic carbocycles. The van der Waals surface area contributed by atoms with Crippen molar-refractivity contribution in [3.8, 4) is 17.1 Å². The minimum atomic E-state index is -0.127. The van der Waals surface area contributed by atoms with E-state index in [4.69, 9.17) is 4.98 Å². The van der Waals surface area contributed by atoms with Crippen LogP contribution in [0.1, 0.15) is 9.43 Å². The summed E-state index contributed by atoms with van der Waals surface area (Å²) in [6, 6.07) is 19.6. The highest BCUT2D eigenvalue weighted by molar-refractivity contribution is 9.24. The monoisotopic (exact) mass is 443 g/mol. The van der Waals surface area contributed by atoms with Crippen molar-refractivity contribution >= 4 is 43.0 Å². The summed E-state index contributed by atoms with van der Waals surface area (Å²) >= 11 is 7.05. The predicted molar refractivity (Wildman–Crippen MR) is 100 cm³/mol. The lowest BCUT2D eigenvalue weighted by Gasteiger charge is -2.02. The van der Waals surface area contributed by atoms with Gasteiger partial charge in [-0.1, -0.05) is 80.4 Å². The zero-order valence-corrected chi connectivity index (χ0v) is 15.5. The molecule has 0 bridgehead atoms. The molecule has 0 amide bonds. The molecule has 0 aliphatic rings. The Bertz CT molecular complexity index is 984. The highest BCUT2D eigenvalue weighted by Gasteiger charge is 2.20. The van der Waals surface area contributed by atoms with Crippen LogP contribution in [-0.4, -0.2) is 25.0 Å². The molecule has 0 unspecified atom stereocenters. The minimum Gasteiger partial charge on any atom is -0.221 e. The van der Waals surface area contributed by atoms with Gasteiger partial charge in [0, 0.05) is 5.56 Å². The van der Waals surface area contributed by atoms with E-state index >= 15 is 0 Å². The van der Waals surface area contributed by atoms with Gasteiger partial charge in [0.2, 0.25) is 5.65 Å². The first-order valence-corrected chi connectivity index (χ1v) is 9.09. The van der Waals surface area contributed by atoms with Crippen molar-refractivity contribution in [1.29, 1.82) is 0 Å². The number of rotatable bonds is 3. The number of benzene rings is 2. The Balaban J connectivity index is 1.95. The molecule has 0 atom stereocenters. The quantitative estimate of drug-likeness (QED) is 0.431. The molecule has 0 fully saturated rings. The van der Waals surface area contributed by atoms with Gasteiger partial charge < -0.3 is 0 Å². The molecule has 7 heteroatoms. The molecule has 5 nitrogen and oxygen atoms in total. The number of hydrogen-bond donors (Lipinski definition) is 0. The van der Waals surface area contributed by atoms with Crippen molar-refractivity contribution in [3.63, 3.8) is 0 Å². The Morgan fingerprint density at radius 3 is 2.17 bits per heavy atom. The molecule has 0 aliphatic heterocycles. The number of aromatic nitrogens is 5. The maximum Gasteiger partial charge on any atom is 0.204 e. The van der Waals surface area contributed by atoms with Crippen LogP contribution in [0.5, 0.6) is 0 Å². The third-order valence-corrected chi connectivity index (χ3v) is 4.43. The molecule has 0 saturated heterocycles. The largest absolute Gasteiger partial charge is 0.221 e. The SMILES string of the molecule is BrC(Br)c1nn(-c2ccccc2)c2nnc(-c3ccccc3)nc12. The van der Waals surface area contributed by atoms with E-state index in [0.717, 1.165) is 16.9 Å². The van der Waals surface area contributed by atoms with Crippen LogP contribution in [0.2, 0.25) is 0 Å². The Morgan fingerprint density at radius 2 is 1.50 bits per heavy atom. The molecule has 4 aromatic rings. The molecular formula is C17H11Br2N5. The maximum atomic E-state index is 4.70. The third kappa shape index (κ3) is 2.74. The Kier molecular flexibility index (Phi) is 4.12. The van der Waals surface area contributed by atoms with Gasteiger partial charge in [-0.25, -0.2) is 9.67 Å². The molecule has 2 aromatic heterocycles. The second-order valence-electron chi connectivity index (χ2n) is 5.11. The maximum absolute atomic E-state index is 4.70. The Morgan fingerprint density at radius 1 is 0.833 bits per heavy atom. The molecule has 4 rings (SSSR count). The fourth-order valence-corrected chi connectivity index (χ4v) is 3.06. The lowest BCUT2D eigenvalue weighted by Crippen LogP contribution is -2.00. The molecule has 0 spiro atoms. The van der Waals surface area contributed by atoms with Gasteiger partial charge >= 0.3 is 0 Å². The van der Waals surface area contributed by atoms with Gasteiger partial charge in [0.05, 0.1) is 5.69 Å². The highest BCUT2D eigenvalue weighted by atomic mass is 79.9. The summed E-state index contributed by atoms with van der Waals surface area (Å²) in [6.45, 7) is 0. The zero-order chi connectivity index (χ0) is 16.5. The standard InChI is InChI=1S/C17H11Br2N5/c18-15(19)13-14-17(24(23-13)12-9-5-2-6-10-12)22-21-16(20-14)11-7-3-1-4-8-11/h1-10,15H. The lowest BCUT2D eigenvalue weighted by atomic mass is 10.2. The Labute approximate surface area is 155 Å². The molecule has 118 valence electrons. The second kappa shape index (κ2) is 6.41. The molecule has 0 saturated carbocycles. The smallest absolute Gasteiger partial charge is 0.204 e.